The van der Waals surface area contributed by atoms with E-state index in [2.05, 4.69) is 10.6 Å². The molecule has 0 aliphatic heterocycles. The number of rotatable bonds is 5. The minimum absolute atomic E-state index is 0.340. The molecule has 114 valence electrons. The van der Waals surface area contributed by atoms with E-state index in [1.807, 2.05) is 0 Å². The van der Waals surface area contributed by atoms with Gasteiger partial charge in [0.15, 0.2) is 0 Å². The monoisotopic (exact) mass is 302 g/mol. The molecule has 1 rings (SSSR count). The summed E-state index contributed by atoms with van der Waals surface area (Å²) in [5, 5.41) is 12.9. The maximum absolute atomic E-state index is 11.9. The van der Waals surface area contributed by atoms with Gasteiger partial charge in [-0.25, -0.2) is 9.59 Å². The Labute approximate surface area is 118 Å². The Bertz CT molecular complexity index is 542. The van der Waals surface area contributed by atoms with Crippen molar-refractivity contribution in [3.63, 3.8) is 0 Å². The number of hydrogen-bond donors (Lipinski definition) is 3. The first-order valence-electron chi connectivity index (χ1n) is 5.89. The summed E-state index contributed by atoms with van der Waals surface area (Å²) in [6.07, 6.45) is -3.17. The lowest BCUT2D eigenvalue weighted by Gasteiger charge is -2.09. The summed E-state index contributed by atoms with van der Waals surface area (Å²) in [5.41, 5.74) is 0.873. The first-order valence-corrected chi connectivity index (χ1v) is 5.89. The highest BCUT2D eigenvalue weighted by atomic mass is 19.4. The van der Waals surface area contributed by atoms with Crippen molar-refractivity contribution in [1.82, 2.24) is 5.32 Å². The number of amides is 2. The van der Waals surface area contributed by atoms with E-state index in [1.54, 1.807) is 12.1 Å². The van der Waals surface area contributed by atoms with Crippen LogP contribution in [0, 0.1) is 0 Å². The molecular formula is C13H13F3N2O3. The predicted octanol–water partition coefficient (Wildman–Crippen LogP) is 2.86. The van der Waals surface area contributed by atoms with Crippen LogP contribution >= 0.6 is 0 Å². The van der Waals surface area contributed by atoms with Crippen LogP contribution in [-0.2, 0) is 4.79 Å². The van der Waals surface area contributed by atoms with Crippen molar-refractivity contribution in [1.29, 1.82) is 0 Å². The van der Waals surface area contributed by atoms with Crippen LogP contribution in [0.15, 0.2) is 30.3 Å². The molecule has 0 spiro atoms. The highest BCUT2D eigenvalue weighted by Crippen LogP contribution is 2.18. The lowest BCUT2D eigenvalue weighted by molar-refractivity contribution is -0.133. The van der Waals surface area contributed by atoms with Gasteiger partial charge in [-0.15, -0.1) is 0 Å². The number of halogens is 3. The number of aliphatic carboxylic acids is 1. The van der Waals surface area contributed by atoms with E-state index in [9.17, 15) is 22.8 Å². The summed E-state index contributed by atoms with van der Waals surface area (Å²) < 4.78 is 35.7. The molecule has 3 N–H and O–H groups in total. The first kappa shape index (κ1) is 16.5. The molecule has 21 heavy (non-hydrogen) atoms. The summed E-state index contributed by atoms with van der Waals surface area (Å²) in [4.78, 5) is 21.8. The summed E-state index contributed by atoms with van der Waals surface area (Å²) in [6, 6.07) is 5.45. The molecule has 0 saturated carbocycles. The van der Waals surface area contributed by atoms with E-state index in [4.69, 9.17) is 5.11 Å². The maximum atomic E-state index is 11.9. The lowest BCUT2D eigenvalue weighted by Crippen LogP contribution is -2.31. The zero-order valence-electron chi connectivity index (χ0n) is 10.8. The van der Waals surface area contributed by atoms with Crippen LogP contribution in [0.1, 0.15) is 12.0 Å². The topological polar surface area (TPSA) is 78.4 Å². The van der Waals surface area contributed by atoms with Crippen LogP contribution < -0.4 is 10.6 Å². The Morgan fingerprint density at radius 3 is 2.62 bits per heavy atom. The SMILES string of the molecule is O=C(O)/C=C/c1cccc(NC(=O)NCCC(F)(F)F)c1. The molecule has 1 aromatic carbocycles. The molecule has 0 aromatic heterocycles. The fourth-order valence-electron chi connectivity index (χ4n) is 1.38. The molecule has 2 amide bonds. The van der Waals surface area contributed by atoms with Crippen LogP contribution in [-0.4, -0.2) is 29.8 Å². The Hall–Kier alpha value is -2.51. The highest BCUT2D eigenvalue weighted by Gasteiger charge is 2.26. The number of carboxylic acids is 1. The first-order chi connectivity index (χ1) is 9.76. The molecule has 0 atom stereocenters. The fourth-order valence-corrected chi connectivity index (χ4v) is 1.38. The van der Waals surface area contributed by atoms with Crippen molar-refractivity contribution >= 4 is 23.8 Å². The number of urea groups is 1. The average Bonchev–Trinajstić information content (AvgIpc) is 2.35. The molecule has 5 nitrogen and oxygen atoms in total. The molecule has 0 aliphatic rings. The van der Waals surface area contributed by atoms with Crippen molar-refractivity contribution < 1.29 is 27.9 Å². The van der Waals surface area contributed by atoms with E-state index in [0.717, 1.165) is 6.08 Å². The van der Waals surface area contributed by atoms with Crippen LogP contribution in [0.4, 0.5) is 23.7 Å². The summed E-state index contributed by atoms with van der Waals surface area (Å²) in [5.74, 6) is -1.11. The van der Waals surface area contributed by atoms with Crippen LogP contribution in [0.25, 0.3) is 6.08 Å². The van der Waals surface area contributed by atoms with E-state index in [1.165, 1.54) is 18.2 Å². The van der Waals surface area contributed by atoms with Crippen molar-refractivity contribution in [3.05, 3.63) is 35.9 Å². The van der Waals surface area contributed by atoms with Gasteiger partial charge in [-0.3, -0.25) is 0 Å². The minimum atomic E-state index is -4.32. The van der Waals surface area contributed by atoms with Gasteiger partial charge in [-0.05, 0) is 23.8 Å². The van der Waals surface area contributed by atoms with Gasteiger partial charge in [-0.1, -0.05) is 12.1 Å². The lowest BCUT2D eigenvalue weighted by atomic mass is 10.2. The van der Waals surface area contributed by atoms with E-state index in [-0.39, 0.29) is 0 Å². The second-order valence-corrected chi connectivity index (χ2v) is 4.04. The molecular weight excluding hydrogens is 289 g/mol. The predicted molar refractivity (Wildman–Crippen MR) is 70.8 cm³/mol. The van der Waals surface area contributed by atoms with Crippen molar-refractivity contribution in [2.24, 2.45) is 0 Å². The number of carbonyl (C=O) groups is 2. The molecule has 0 aliphatic carbocycles. The molecule has 8 heteroatoms. The third-order valence-corrected chi connectivity index (χ3v) is 2.26. The third-order valence-electron chi connectivity index (χ3n) is 2.26. The summed E-state index contributed by atoms with van der Waals surface area (Å²) in [7, 11) is 0. The minimum Gasteiger partial charge on any atom is -0.478 e. The van der Waals surface area contributed by atoms with Gasteiger partial charge in [-0.2, -0.15) is 13.2 Å². The Morgan fingerprint density at radius 2 is 2.00 bits per heavy atom. The van der Waals surface area contributed by atoms with Gasteiger partial charge in [0.2, 0.25) is 0 Å². The molecule has 0 unspecified atom stereocenters. The largest absolute Gasteiger partial charge is 0.478 e. The normalized spacial score (nSPS) is 11.4. The zero-order valence-corrected chi connectivity index (χ0v) is 10.8. The van der Waals surface area contributed by atoms with Crippen molar-refractivity contribution in [2.45, 2.75) is 12.6 Å². The van der Waals surface area contributed by atoms with Crippen LogP contribution in [0.5, 0.6) is 0 Å². The van der Waals surface area contributed by atoms with Gasteiger partial charge in [0.05, 0.1) is 6.42 Å². The smallest absolute Gasteiger partial charge is 0.390 e. The molecule has 0 fully saturated rings. The Balaban J connectivity index is 2.53. The quantitative estimate of drug-likeness (QED) is 0.732. The van der Waals surface area contributed by atoms with E-state index in [0.29, 0.717) is 11.3 Å². The number of carbonyl (C=O) groups excluding carboxylic acids is 1. The number of nitrogens with one attached hydrogen (secondary N) is 2. The second kappa shape index (κ2) is 7.32. The number of alkyl halides is 3. The Kier molecular flexibility index (Phi) is 5.77. The van der Waals surface area contributed by atoms with Crippen LogP contribution in [0.3, 0.4) is 0 Å². The standard InChI is InChI=1S/C13H13F3N2O3/c14-13(15,16)6-7-17-12(21)18-10-3-1-2-9(8-10)4-5-11(19)20/h1-5,8H,6-7H2,(H,19,20)(H2,17,18,21)/b5-4+. The fraction of sp³-hybridized carbons (Fsp3) is 0.231. The molecule has 0 bridgehead atoms. The number of hydrogen-bond acceptors (Lipinski definition) is 2. The highest BCUT2D eigenvalue weighted by molar-refractivity contribution is 5.90. The van der Waals surface area contributed by atoms with Gasteiger partial charge >= 0.3 is 18.2 Å². The van der Waals surface area contributed by atoms with E-state index >= 15 is 0 Å². The number of carboxylic acid groups (broad SMARTS) is 1. The van der Waals surface area contributed by atoms with E-state index < -0.39 is 31.1 Å². The van der Waals surface area contributed by atoms with Crippen molar-refractivity contribution in [2.75, 3.05) is 11.9 Å². The molecule has 0 saturated heterocycles. The number of anilines is 1. The Morgan fingerprint density at radius 1 is 1.29 bits per heavy atom. The maximum Gasteiger partial charge on any atom is 0.390 e. The van der Waals surface area contributed by atoms with Crippen molar-refractivity contribution in [3.8, 4) is 0 Å². The summed E-state index contributed by atoms with van der Waals surface area (Å²) >= 11 is 0. The van der Waals surface area contributed by atoms with Gasteiger partial charge < -0.3 is 15.7 Å². The second-order valence-electron chi connectivity index (χ2n) is 4.04. The molecule has 1 aromatic rings. The number of benzene rings is 1. The van der Waals surface area contributed by atoms with Gasteiger partial charge in [0.25, 0.3) is 0 Å². The average molecular weight is 302 g/mol. The van der Waals surface area contributed by atoms with Crippen LogP contribution in [0.2, 0.25) is 0 Å². The van der Waals surface area contributed by atoms with Gasteiger partial charge in [0.1, 0.15) is 0 Å². The molecule has 0 radical (unpaired) electrons. The van der Waals surface area contributed by atoms with Gasteiger partial charge in [0, 0.05) is 18.3 Å². The summed E-state index contributed by atoms with van der Waals surface area (Å²) in [6.45, 7) is -0.520. The zero-order chi connectivity index (χ0) is 15.9. The molecule has 0 heterocycles. The third kappa shape index (κ3) is 7.61.